The molecule has 190 valence electrons. The minimum absolute atomic E-state index is 0.0638. The van der Waals surface area contributed by atoms with Crippen LogP contribution in [0, 0.1) is 35.4 Å². The third-order valence-corrected chi connectivity index (χ3v) is 8.21. The number of ether oxygens (including phenoxy) is 2. The van der Waals surface area contributed by atoms with E-state index in [2.05, 4.69) is 16.4 Å². The Balaban J connectivity index is 1.34. The van der Waals surface area contributed by atoms with Gasteiger partial charge in [0.25, 0.3) is 0 Å². The Hall–Kier alpha value is -3.22. The highest BCUT2D eigenvalue weighted by atomic mass is 19.1. The summed E-state index contributed by atoms with van der Waals surface area (Å²) in [5, 5.41) is 3.00. The topological polar surface area (TPSA) is 77.5 Å². The third kappa shape index (κ3) is 4.88. The number of rotatable bonds is 5. The number of allylic oxidation sites excluding steroid dienone is 1. The summed E-state index contributed by atoms with van der Waals surface area (Å²) in [4.78, 5) is 29.2. The largest absolute Gasteiger partial charge is 0.462 e. The predicted molar refractivity (Wildman–Crippen MR) is 134 cm³/mol. The predicted octanol–water partition coefficient (Wildman–Crippen LogP) is 5.63. The minimum atomic E-state index is -0.370. The fourth-order valence-electron chi connectivity index (χ4n) is 6.65. The van der Waals surface area contributed by atoms with Gasteiger partial charge in [0.15, 0.2) is 0 Å². The van der Waals surface area contributed by atoms with Crippen molar-refractivity contribution < 1.29 is 23.5 Å². The van der Waals surface area contributed by atoms with Gasteiger partial charge in [0, 0.05) is 29.3 Å². The summed E-state index contributed by atoms with van der Waals surface area (Å²) in [6.45, 7) is 4.14. The van der Waals surface area contributed by atoms with Gasteiger partial charge in [-0.15, -0.1) is 0 Å². The number of carbonyl (C=O) groups excluding carboxylic acids is 2. The first-order chi connectivity index (χ1) is 17.4. The number of amides is 1. The molecule has 1 aliphatic heterocycles. The van der Waals surface area contributed by atoms with Crippen LogP contribution in [0.3, 0.4) is 0 Å². The zero-order valence-electron chi connectivity index (χ0n) is 20.7. The Bertz CT molecular complexity index is 1130. The number of halogens is 1. The lowest BCUT2D eigenvalue weighted by Gasteiger charge is -2.47. The maximum atomic E-state index is 14.1. The van der Waals surface area contributed by atoms with E-state index in [4.69, 9.17) is 9.47 Å². The van der Waals surface area contributed by atoms with Gasteiger partial charge in [0.2, 0.25) is 0 Å². The number of nitrogens with zero attached hydrogens (tertiary/aromatic N) is 1. The Kier molecular flexibility index (Phi) is 7.08. The van der Waals surface area contributed by atoms with Crippen molar-refractivity contribution in [2.75, 3.05) is 6.61 Å². The van der Waals surface area contributed by atoms with Crippen LogP contribution < -0.4 is 5.32 Å². The summed E-state index contributed by atoms with van der Waals surface area (Å²) >= 11 is 0. The van der Waals surface area contributed by atoms with Crippen LogP contribution in [-0.4, -0.2) is 35.8 Å². The summed E-state index contributed by atoms with van der Waals surface area (Å²) in [5.41, 5.74) is 2.06. The van der Waals surface area contributed by atoms with Crippen molar-refractivity contribution in [3.63, 3.8) is 0 Å². The molecule has 36 heavy (non-hydrogen) atoms. The van der Waals surface area contributed by atoms with E-state index in [0.717, 1.165) is 36.9 Å². The Labute approximate surface area is 211 Å². The monoisotopic (exact) mass is 492 g/mol. The van der Waals surface area contributed by atoms with Crippen LogP contribution in [0.4, 0.5) is 9.18 Å². The van der Waals surface area contributed by atoms with E-state index in [9.17, 15) is 14.0 Å². The van der Waals surface area contributed by atoms with Crippen LogP contribution in [0.2, 0.25) is 0 Å². The number of cyclic esters (lactones) is 1. The lowest BCUT2D eigenvalue weighted by Crippen LogP contribution is -2.48. The third-order valence-electron chi connectivity index (χ3n) is 8.21. The first-order valence-electron chi connectivity index (χ1n) is 13.0. The molecule has 3 aliphatic rings. The first-order valence-corrected chi connectivity index (χ1v) is 13.0. The van der Waals surface area contributed by atoms with Crippen LogP contribution in [0.25, 0.3) is 17.2 Å². The minimum Gasteiger partial charge on any atom is -0.462 e. The maximum absolute atomic E-state index is 14.1. The van der Waals surface area contributed by atoms with Crippen LogP contribution >= 0.6 is 0 Å². The number of pyridine rings is 1. The average Bonchev–Trinajstić information content (AvgIpc) is 3.15. The number of benzene rings is 1. The first kappa shape index (κ1) is 24.5. The maximum Gasteiger partial charge on any atom is 0.407 e. The molecule has 1 amide bonds. The molecule has 2 aromatic rings. The van der Waals surface area contributed by atoms with E-state index in [0.29, 0.717) is 24.0 Å². The quantitative estimate of drug-likeness (QED) is 0.548. The van der Waals surface area contributed by atoms with Crippen molar-refractivity contribution in [3.05, 3.63) is 60.2 Å². The average molecular weight is 493 g/mol. The summed E-state index contributed by atoms with van der Waals surface area (Å²) in [6, 6.07) is 10.5. The highest BCUT2D eigenvalue weighted by Gasteiger charge is 2.54. The van der Waals surface area contributed by atoms with Crippen molar-refractivity contribution in [1.29, 1.82) is 0 Å². The number of hydrogen-bond donors (Lipinski definition) is 1. The van der Waals surface area contributed by atoms with Gasteiger partial charge >= 0.3 is 12.1 Å². The van der Waals surface area contributed by atoms with E-state index >= 15 is 0 Å². The van der Waals surface area contributed by atoms with Crippen LogP contribution in [0.15, 0.2) is 48.7 Å². The number of fused-ring (bicyclic) bond motifs is 2. The summed E-state index contributed by atoms with van der Waals surface area (Å²) in [5.74, 6) is 0.586. The van der Waals surface area contributed by atoms with Crippen LogP contribution in [0.5, 0.6) is 0 Å². The molecule has 1 aromatic carbocycles. The van der Waals surface area contributed by atoms with E-state index < -0.39 is 0 Å². The lowest BCUT2D eigenvalue weighted by atomic mass is 9.57. The molecule has 0 bridgehead atoms. The zero-order valence-corrected chi connectivity index (χ0v) is 20.7. The second kappa shape index (κ2) is 10.4. The Morgan fingerprint density at radius 3 is 2.81 bits per heavy atom. The van der Waals surface area contributed by atoms with Crippen LogP contribution in [-0.2, 0) is 14.3 Å². The van der Waals surface area contributed by atoms with Gasteiger partial charge in [-0.25, -0.2) is 9.18 Å². The van der Waals surface area contributed by atoms with Gasteiger partial charge in [0.1, 0.15) is 11.9 Å². The number of esters is 1. The summed E-state index contributed by atoms with van der Waals surface area (Å²) in [6.07, 6.45) is 8.94. The lowest BCUT2D eigenvalue weighted by molar-refractivity contribution is -0.144. The number of aromatic nitrogens is 1. The standard InChI is InChI=1S/C29H33FN2O4/c1-3-35-29(34)32-21-11-12-22-19(14-21)15-25-27(17(2)36-28(25)33)24(22)13-10-20-9-8-18(16-31-20)23-6-4-5-7-26(23)30/h4-10,13,16-17,19,21-22,24-25,27H,3,11-12,14-15H2,1-2H3,(H,32,34)/b13-10+/t17-,19+,21-,22-,24+,25-,27+/m1/s1. The van der Waals surface area contributed by atoms with Crippen molar-refractivity contribution >= 4 is 18.1 Å². The molecule has 2 saturated carbocycles. The molecule has 5 rings (SSSR count). The molecule has 7 heteroatoms. The highest BCUT2D eigenvalue weighted by molar-refractivity contribution is 5.75. The van der Waals surface area contributed by atoms with Crippen molar-refractivity contribution in [3.8, 4) is 11.1 Å². The second-order valence-electron chi connectivity index (χ2n) is 10.2. The molecule has 1 aromatic heterocycles. The molecular weight excluding hydrogens is 459 g/mol. The molecule has 1 N–H and O–H groups in total. The molecule has 2 aliphatic carbocycles. The van der Waals surface area contributed by atoms with Gasteiger partial charge in [-0.1, -0.05) is 30.3 Å². The van der Waals surface area contributed by atoms with Crippen LogP contribution in [0.1, 0.15) is 45.2 Å². The molecule has 0 radical (unpaired) electrons. The molecule has 2 heterocycles. The van der Waals surface area contributed by atoms with E-state index in [1.165, 1.54) is 6.07 Å². The number of hydrogen-bond acceptors (Lipinski definition) is 5. The molecule has 0 spiro atoms. The van der Waals surface area contributed by atoms with Gasteiger partial charge in [0.05, 0.1) is 18.2 Å². The molecule has 1 saturated heterocycles. The van der Waals surface area contributed by atoms with E-state index in [1.54, 1.807) is 25.3 Å². The normalized spacial score (nSPS) is 31.4. The van der Waals surface area contributed by atoms with Crippen molar-refractivity contribution in [2.45, 2.75) is 51.7 Å². The van der Waals surface area contributed by atoms with Gasteiger partial charge in [-0.3, -0.25) is 9.78 Å². The molecule has 6 nitrogen and oxygen atoms in total. The SMILES string of the molecule is CCOC(=O)N[C@@H]1CC[C@@H]2[C@@H](C1)C[C@H]1C(=O)O[C@H](C)[C@H]1[C@H]2/C=C/c1ccc(-c2ccccc2F)cn1. The van der Waals surface area contributed by atoms with Crippen molar-refractivity contribution in [1.82, 2.24) is 10.3 Å². The van der Waals surface area contributed by atoms with Gasteiger partial charge in [-0.05, 0) is 75.5 Å². The summed E-state index contributed by atoms with van der Waals surface area (Å²) < 4.78 is 24.9. The second-order valence-corrected chi connectivity index (χ2v) is 10.2. The van der Waals surface area contributed by atoms with Crippen molar-refractivity contribution in [2.24, 2.45) is 29.6 Å². The molecular formula is C29H33FN2O4. The smallest absolute Gasteiger partial charge is 0.407 e. The highest BCUT2D eigenvalue weighted by Crippen LogP contribution is 2.53. The molecule has 0 unspecified atom stereocenters. The number of carbonyl (C=O) groups is 2. The Morgan fingerprint density at radius 1 is 1.22 bits per heavy atom. The summed E-state index contributed by atoms with van der Waals surface area (Å²) in [7, 11) is 0. The fourth-order valence-corrected chi connectivity index (χ4v) is 6.65. The molecule has 3 fully saturated rings. The van der Waals surface area contributed by atoms with E-state index in [-0.39, 0.29) is 47.8 Å². The number of alkyl carbamates (subject to hydrolysis) is 1. The van der Waals surface area contributed by atoms with Gasteiger partial charge in [-0.2, -0.15) is 0 Å². The Morgan fingerprint density at radius 2 is 2.06 bits per heavy atom. The molecule has 7 atom stereocenters. The van der Waals surface area contributed by atoms with Gasteiger partial charge < -0.3 is 14.8 Å². The fraction of sp³-hybridized carbons (Fsp3) is 0.483. The zero-order chi connectivity index (χ0) is 25.2. The number of nitrogens with one attached hydrogen (secondary N) is 1. The van der Waals surface area contributed by atoms with E-state index in [1.807, 2.05) is 31.2 Å².